The summed E-state index contributed by atoms with van der Waals surface area (Å²) in [6, 6.07) is 8.22. The Morgan fingerprint density at radius 2 is 2.00 bits per heavy atom. The molecule has 1 spiro atoms. The second-order valence-corrected chi connectivity index (χ2v) is 12.8. The number of hydrogen-bond donors (Lipinski definition) is 2. The average Bonchev–Trinajstić information content (AvgIpc) is 3.61. The molecule has 6 nitrogen and oxygen atoms in total. The van der Waals surface area contributed by atoms with Crippen LogP contribution >= 0.6 is 11.6 Å². The third-order valence-corrected chi connectivity index (χ3v) is 10.6. The van der Waals surface area contributed by atoms with E-state index in [1.165, 1.54) is 42.8 Å². The number of carbonyl (C=O) groups excluding carboxylic acids is 1. The maximum Gasteiger partial charge on any atom is 0.260 e. The second kappa shape index (κ2) is 8.88. The number of phenols is 1. The summed E-state index contributed by atoms with van der Waals surface area (Å²) in [5.41, 5.74) is 2.44. The van der Waals surface area contributed by atoms with Crippen LogP contribution in [0, 0.1) is 17.8 Å². The van der Waals surface area contributed by atoms with E-state index in [0.29, 0.717) is 35.2 Å². The van der Waals surface area contributed by atoms with Gasteiger partial charge in [-0.1, -0.05) is 24.1 Å². The molecule has 3 aliphatic carbocycles. The molecule has 1 amide bonds. The van der Waals surface area contributed by atoms with Crippen molar-refractivity contribution in [1.82, 2.24) is 14.8 Å². The van der Waals surface area contributed by atoms with E-state index in [0.717, 1.165) is 57.4 Å². The largest absolute Gasteiger partial charge is 0.508 e. The number of pyridine rings is 1. The molecule has 8 rings (SSSR count). The third-order valence-electron chi connectivity index (χ3n) is 10.4. The molecule has 37 heavy (non-hydrogen) atoms. The molecule has 2 N–H and O–H groups in total. The van der Waals surface area contributed by atoms with Crippen molar-refractivity contribution in [3.05, 3.63) is 62.5 Å². The van der Waals surface area contributed by atoms with Crippen LogP contribution in [0.25, 0.3) is 0 Å². The Labute approximate surface area is 223 Å². The molecule has 2 saturated carbocycles. The molecule has 2 saturated heterocycles. The maximum atomic E-state index is 13.9. The highest BCUT2D eigenvalue weighted by Crippen LogP contribution is 2.58. The number of nitrogens with zero attached hydrogens (tertiary/aromatic N) is 2. The lowest BCUT2D eigenvalue weighted by Crippen LogP contribution is -2.52. The first-order chi connectivity index (χ1) is 17.9. The molecule has 4 unspecified atom stereocenters. The molecule has 1 aromatic heterocycles. The van der Waals surface area contributed by atoms with Crippen molar-refractivity contribution in [2.45, 2.75) is 75.3 Å². The fraction of sp³-hybridized carbons (Fsp3) is 0.600. The fourth-order valence-corrected chi connectivity index (χ4v) is 8.82. The number of benzene rings is 1. The van der Waals surface area contributed by atoms with Gasteiger partial charge in [-0.05, 0) is 105 Å². The van der Waals surface area contributed by atoms with Gasteiger partial charge in [-0.15, -0.1) is 0 Å². The van der Waals surface area contributed by atoms with Crippen molar-refractivity contribution in [2.75, 3.05) is 19.6 Å². The Balaban J connectivity index is 1.33. The fourth-order valence-electron chi connectivity index (χ4n) is 8.65. The van der Waals surface area contributed by atoms with Crippen molar-refractivity contribution < 1.29 is 9.90 Å². The topological polar surface area (TPSA) is 76.6 Å². The first kappa shape index (κ1) is 23.8. The highest BCUT2D eigenvalue weighted by Gasteiger charge is 2.58. The molecule has 7 heteroatoms. The number of nitrogens with one attached hydrogen (secondary N) is 1. The van der Waals surface area contributed by atoms with Crippen LogP contribution in [-0.4, -0.2) is 57.5 Å². The molecule has 196 valence electrons. The molecular weight excluding hydrogens is 486 g/mol. The normalized spacial score (nSPS) is 33.2. The number of amides is 1. The van der Waals surface area contributed by atoms with Crippen LogP contribution in [0.1, 0.15) is 72.9 Å². The average molecular weight is 522 g/mol. The Hall–Kier alpha value is -2.31. The van der Waals surface area contributed by atoms with Crippen LogP contribution in [0.4, 0.5) is 0 Å². The van der Waals surface area contributed by atoms with Crippen molar-refractivity contribution in [3.8, 4) is 5.75 Å². The summed E-state index contributed by atoms with van der Waals surface area (Å²) in [5, 5.41) is 11.0. The van der Waals surface area contributed by atoms with Gasteiger partial charge in [0, 0.05) is 36.8 Å². The number of phenolic OH excluding ortho intramolecular Hbond substituents is 1. The van der Waals surface area contributed by atoms with Crippen molar-refractivity contribution >= 4 is 17.5 Å². The lowest BCUT2D eigenvalue weighted by atomic mass is 9.55. The molecule has 2 aromatic rings. The summed E-state index contributed by atoms with van der Waals surface area (Å²) >= 11 is 6.18. The van der Waals surface area contributed by atoms with E-state index in [9.17, 15) is 14.7 Å². The SMILES string of the molecule is O=C(c1cc(Cl)c[nH]c1=O)N1C[C@H]2CCC3Cc4ccc(O)cc4C4(CCCC1C24)CCN3CC1CC1. The van der Waals surface area contributed by atoms with Crippen LogP contribution in [0.2, 0.25) is 5.02 Å². The Morgan fingerprint density at radius 3 is 2.84 bits per heavy atom. The van der Waals surface area contributed by atoms with Crippen LogP contribution in [0.5, 0.6) is 5.75 Å². The van der Waals surface area contributed by atoms with Crippen LogP contribution in [-0.2, 0) is 11.8 Å². The van der Waals surface area contributed by atoms with Gasteiger partial charge in [0.2, 0.25) is 0 Å². The molecule has 3 aliphatic heterocycles. The highest BCUT2D eigenvalue weighted by atomic mass is 35.5. The monoisotopic (exact) mass is 521 g/mol. The molecule has 4 heterocycles. The first-order valence-corrected chi connectivity index (χ1v) is 14.6. The number of aromatic amines is 1. The third kappa shape index (κ3) is 3.94. The van der Waals surface area contributed by atoms with Gasteiger partial charge in [-0.25, -0.2) is 0 Å². The quantitative estimate of drug-likeness (QED) is 0.612. The Morgan fingerprint density at radius 1 is 1.14 bits per heavy atom. The first-order valence-electron chi connectivity index (χ1n) is 14.2. The molecule has 1 aromatic carbocycles. The minimum atomic E-state index is -0.371. The lowest BCUT2D eigenvalue weighted by molar-refractivity contribution is 0.0544. The summed E-state index contributed by atoms with van der Waals surface area (Å²) in [6.45, 7) is 3.01. The number of halogens is 1. The van der Waals surface area contributed by atoms with Gasteiger partial charge in [0.15, 0.2) is 0 Å². The highest BCUT2D eigenvalue weighted by molar-refractivity contribution is 6.30. The molecular formula is C30H36ClN3O3. The summed E-state index contributed by atoms with van der Waals surface area (Å²) in [7, 11) is 0. The smallest absolute Gasteiger partial charge is 0.260 e. The number of fused-ring (bicyclic) bond motifs is 3. The van der Waals surface area contributed by atoms with Crippen molar-refractivity contribution in [1.29, 1.82) is 0 Å². The summed E-state index contributed by atoms with van der Waals surface area (Å²) < 4.78 is 0. The van der Waals surface area contributed by atoms with E-state index in [1.54, 1.807) is 0 Å². The summed E-state index contributed by atoms with van der Waals surface area (Å²) in [6.07, 6.45) is 11.7. The predicted molar refractivity (Wildman–Crippen MR) is 143 cm³/mol. The number of likely N-dealkylation sites (tertiary alicyclic amines) is 1. The maximum absolute atomic E-state index is 13.9. The molecule has 5 atom stereocenters. The van der Waals surface area contributed by atoms with Gasteiger partial charge in [-0.2, -0.15) is 0 Å². The van der Waals surface area contributed by atoms with Gasteiger partial charge < -0.3 is 15.0 Å². The summed E-state index contributed by atoms with van der Waals surface area (Å²) in [5.74, 6) is 1.75. The zero-order valence-electron chi connectivity index (χ0n) is 21.3. The Bertz CT molecular complexity index is 1290. The van der Waals surface area contributed by atoms with E-state index in [2.05, 4.69) is 22.0 Å². The van der Waals surface area contributed by atoms with Crippen LogP contribution < -0.4 is 5.56 Å². The van der Waals surface area contributed by atoms with Crippen molar-refractivity contribution in [3.63, 3.8) is 0 Å². The number of hydrogen-bond acceptors (Lipinski definition) is 4. The van der Waals surface area contributed by atoms with Crippen LogP contribution in [0.15, 0.2) is 35.3 Å². The second-order valence-electron chi connectivity index (χ2n) is 12.4. The van der Waals surface area contributed by atoms with Gasteiger partial charge in [0.25, 0.3) is 11.5 Å². The number of aromatic nitrogens is 1. The summed E-state index contributed by atoms with van der Waals surface area (Å²) in [4.78, 5) is 33.9. The minimum absolute atomic E-state index is 0.0610. The molecule has 4 fully saturated rings. The van der Waals surface area contributed by atoms with Crippen LogP contribution in [0.3, 0.4) is 0 Å². The number of rotatable bonds is 3. The van der Waals surface area contributed by atoms with E-state index in [-0.39, 0.29) is 28.5 Å². The minimum Gasteiger partial charge on any atom is -0.508 e. The molecule has 6 aliphatic rings. The van der Waals surface area contributed by atoms with Gasteiger partial charge in [0.05, 0.1) is 5.02 Å². The number of aromatic hydroxyl groups is 1. The zero-order chi connectivity index (χ0) is 25.3. The Kier molecular flexibility index (Phi) is 5.70. The van der Waals surface area contributed by atoms with Gasteiger partial charge >= 0.3 is 0 Å². The van der Waals surface area contributed by atoms with Gasteiger partial charge in [-0.3, -0.25) is 14.5 Å². The molecule has 2 bridgehead atoms. The zero-order valence-corrected chi connectivity index (χ0v) is 22.1. The lowest BCUT2D eigenvalue weighted by Gasteiger charge is -2.51. The van der Waals surface area contributed by atoms with E-state index in [1.807, 2.05) is 11.0 Å². The van der Waals surface area contributed by atoms with E-state index < -0.39 is 0 Å². The van der Waals surface area contributed by atoms with E-state index >= 15 is 0 Å². The standard InChI is InChI=1S/C30H36ClN3O3/c31-21-13-24(28(36)32-15-21)29(37)34-17-20-5-7-22-12-19-6-8-23(35)14-25(19)30(9-1-2-26(34)27(20)30)10-11-33(22)16-18-3-4-18/h6,8,13-15,18,20,22,26-27,35H,1-5,7,9-12,16-17H2,(H,32,36)/t20-,22?,26?,27?,30?/m1/s1. The van der Waals surface area contributed by atoms with Gasteiger partial charge in [0.1, 0.15) is 11.3 Å². The number of carbonyl (C=O) groups is 1. The predicted octanol–water partition coefficient (Wildman–Crippen LogP) is 4.73. The van der Waals surface area contributed by atoms with Crippen molar-refractivity contribution in [2.24, 2.45) is 17.8 Å². The molecule has 0 radical (unpaired) electrons. The van der Waals surface area contributed by atoms with E-state index in [4.69, 9.17) is 11.6 Å². The number of H-pyrrole nitrogens is 1.